The van der Waals surface area contributed by atoms with Gasteiger partial charge in [0.2, 0.25) is 5.91 Å². The van der Waals surface area contributed by atoms with Gasteiger partial charge in [0.05, 0.1) is 18.3 Å². The van der Waals surface area contributed by atoms with Crippen molar-refractivity contribution in [2.75, 3.05) is 31.7 Å². The van der Waals surface area contributed by atoms with Crippen LogP contribution in [0, 0.1) is 0 Å². The third-order valence-electron chi connectivity index (χ3n) is 3.13. The third-order valence-corrected chi connectivity index (χ3v) is 5.00. The number of carbonyl (C=O) groups excluding carboxylic acids is 1. The van der Waals surface area contributed by atoms with Crippen molar-refractivity contribution in [2.45, 2.75) is 39.3 Å². The van der Waals surface area contributed by atoms with Crippen LogP contribution in [0.15, 0.2) is 0 Å². The van der Waals surface area contributed by atoms with Gasteiger partial charge in [-0.1, -0.05) is 6.92 Å². The number of sulfone groups is 1. The van der Waals surface area contributed by atoms with E-state index in [9.17, 15) is 13.2 Å². The molecule has 0 saturated carbocycles. The summed E-state index contributed by atoms with van der Waals surface area (Å²) in [5.41, 5.74) is 5.48. The van der Waals surface area contributed by atoms with Crippen molar-refractivity contribution in [3.63, 3.8) is 0 Å². The Labute approximate surface area is 128 Å². The van der Waals surface area contributed by atoms with E-state index in [1.807, 2.05) is 6.92 Å². The van der Waals surface area contributed by atoms with Crippen molar-refractivity contribution < 1.29 is 17.9 Å². The quantitative estimate of drug-likeness (QED) is 0.662. The second-order valence-electron chi connectivity index (χ2n) is 4.53. The van der Waals surface area contributed by atoms with Gasteiger partial charge in [-0.15, -0.1) is 12.4 Å². The Balaban J connectivity index is 0. The van der Waals surface area contributed by atoms with Crippen molar-refractivity contribution in [3.05, 3.63) is 0 Å². The Kier molecular flexibility index (Phi) is 11.4. The highest BCUT2D eigenvalue weighted by molar-refractivity contribution is 7.91. The van der Waals surface area contributed by atoms with Gasteiger partial charge in [0.15, 0.2) is 9.84 Å². The predicted molar refractivity (Wildman–Crippen MR) is 82.9 cm³/mol. The molecule has 20 heavy (non-hydrogen) atoms. The standard InChI is InChI=1S/C12H26N2O4S.ClH/c1-5-14(10(3)9-19(16,17)6-2)12(15)7-11(8-13)18-4;/h10-11H,5-9,13H2,1-4H3;1H. The second kappa shape index (κ2) is 10.4. The van der Waals surface area contributed by atoms with Gasteiger partial charge >= 0.3 is 0 Å². The van der Waals surface area contributed by atoms with E-state index < -0.39 is 9.84 Å². The molecule has 0 heterocycles. The Morgan fingerprint density at radius 1 is 1.35 bits per heavy atom. The summed E-state index contributed by atoms with van der Waals surface area (Å²) in [6, 6.07) is -0.335. The van der Waals surface area contributed by atoms with Gasteiger partial charge in [-0.05, 0) is 13.8 Å². The maximum Gasteiger partial charge on any atom is 0.225 e. The van der Waals surface area contributed by atoms with Gasteiger partial charge in [0, 0.05) is 32.0 Å². The van der Waals surface area contributed by atoms with Crippen LogP contribution in [0.1, 0.15) is 27.2 Å². The first-order valence-electron chi connectivity index (χ1n) is 6.53. The van der Waals surface area contributed by atoms with Crippen molar-refractivity contribution in [3.8, 4) is 0 Å². The molecule has 0 bridgehead atoms. The highest BCUT2D eigenvalue weighted by Crippen LogP contribution is 2.08. The fourth-order valence-corrected chi connectivity index (χ4v) is 3.03. The van der Waals surface area contributed by atoms with Crippen molar-refractivity contribution in [1.29, 1.82) is 0 Å². The number of nitrogens with two attached hydrogens (primary N) is 1. The lowest BCUT2D eigenvalue weighted by atomic mass is 10.2. The van der Waals surface area contributed by atoms with E-state index >= 15 is 0 Å². The minimum Gasteiger partial charge on any atom is -0.380 e. The van der Waals surface area contributed by atoms with E-state index in [4.69, 9.17) is 10.5 Å². The van der Waals surface area contributed by atoms with Crippen LogP contribution in [-0.4, -0.2) is 63.1 Å². The van der Waals surface area contributed by atoms with Crippen molar-refractivity contribution in [1.82, 2.24) is 4.90 Å². The maximum atomic E-state index is 12.1. The molecule has 0 aliphatic rings. The lowest BCUT2D eigenvalue weighted by Crippen LogP contribution is -2.44. The summed E-state index contributed by atoms with van der Waals surface area (Å²) < 4.78 is 28.3. The van der Waals surface area contributed by atoms with Crippen LogP contribution in [0.4, 0.5) is 0 Å². The molecule has 0 saturated heterocycles. The van der Waals surface area contributed by atoms with Crippen LogP contribution in [0.2, 0.25) is 0 Å². The smallest absolute Gasteiger partial charge is 0.225 e. The molecular formula is C12H27ClN2O4S. The van der Waals surface area contributed by atoms with Gasteiger partial charge < -0.3 is 15.4 Å². The summed E-state index contributed by atoms with van der Waals surface area (Å²) >= 11 is 0. The summed E-state index contributed by atoms with van der Waals surface area (Å²) in [5.74, 6) is -0.0470. The molecule has 2 atom stereocenters. The number of ether oxygens (including phenoxy) is 1. The molecule has 0 aromatic heterocycles. The molecule has 0 fully saturated rings. The average Bonchev–Trinajstić information content (AvgIpc) is 2.36. The summed E-state index contributed by atoms with van der Waals surface area (Å²) in [5, 5.41) is 0. The molecule has 0 aromatic carbocycles. The number of hydrogen-bond acceptors (Lipinski definition) is 5. The van der Waals surface area contributed by atoms with Crippen LogP contribution in [0.3, 0.4) is 0 Å². The fourth-order valence-electron chi connectivity index (χ4n) is 1.88. The Bertz CT molecular complexity index is 372. The van der Waals surface area contributed by atoms with Crippen molar-refractivity contribution in [2.24, 2.45) is 5.73 Å². The zero-order valence-corrected chi connectivity index (χ0v) is 14.3. The number of nitrogens with zero attached hydrogens (tertiary/aromatic N) is 1. The number of methoxy groups -OCH3 is 1. The maximum absolute atomic E-state index is 12.1. The number of carbonyl (C=O) groups is 1. The molecule has 1 amide bonds. The van der Waals surface area contributed by atoms with E-state index in [1.165, 1.54) is 7.11 Å². The number of halogens is 1. The summed E-state index contributed by atoms with van der Waals surface area (Å²) in [6.45, 7) is 5.92. The minimum absolute atomic E-state index is 0. The van der Waals surface area contributed by atoms with E-state index in [1.54, 1.807) is 18.7 Å². The van der Waals surface area contributed by atoms with Gasteiger partial charge in [-0.3, -0.25) is 4.79 Å². The number of hydrogen-bond donors (Lipinski definition) is 1. The van der Waals surface area contributed by atoms with Crippen LogP contribution in [0.5, 0.6) is 0 Å². The Morgan fingerprint density at radius 3 is 2.25 bits per heavy atom. The molecule has 0 spiro atoms. The van der Waals surface area contributed by atoms with Gasteiger partial charge in [-0.2, -0.15) is 0 Å². The predicted octanol–water partition coefficient (Wildman–Crippen LogP) is 0.444. The molecule has 8 heteroatoms. The number of rotatable bonds is 9. The second-order valence-corrected chi connectivity index (χ2v) is 6.92. The molecule has 122 valence electrons. The zero-order valence-electron chi connectivity index (χ0n) is 12.7. The zero-order chi connectivity index (χ0) is 15.1. The number of amides is 1. The van der Waals surface area contributed by atoms with Crippen LogP contribution < -0.4 is 5.73 Å². The lowest BCUT2D eigenvalue weighted by molar-refractivity contribution is -0.135. The Hall–Kier alpha value is -0.370. The fraction of sp³-hybridized carbons (Fsp3) is 0.917. The molecule has 0 aliphatic heterocycles. The topological polar surface area (TPSA) is 89.7 Å². The van der Waals surface area contributed by atoms with E-state index in [2.05, 4.69) is 0 Å². The van der Waals surface area contributed by atoms with Gasteiger partial charge in [0.25, 0.3) is 0 Å². The Morgan fingerprint density at radius 2 is 1.90 bits per heavy atom. The summed E-state index contributed by atoms with van der Waals surface area (Å²) in [7, 11) is -1.59. The molecule has 0 radical (unpaired) electrons. The first kappa shape index (κ1) is 21.9. The lowest BCUT2D eigenvalue weighted by Gasteiger charge is -2.29. The molecule has 2 unspecified atom stereocenters. The first-order valence-corrected chi connectivity index (χ1v) is 8.36. The largest absolute Gasteiger partial charge is 0.380 e. The van der Waals surface area contributed by atoms with E-state index in [0.717, 1.165) is 0 Å². The van der Waals surface area contributed by atoms with Crippen LogP contribution in [0.25, 0.3) is 0 Å². The molecule has 0 aromatic rings. The first-order chi connectivity index (χ1) is 8.81. The average molecular weight is 331 g/mol. The van der Waals surface area contributed by atoms with Crippen molar-refractivity contribution >= 4 is 28.2 Å². The monoisotopic (exact) mass is 330 g/mol. The molecular weight excluding hydrogens is 304 g/mol. The van der Waals surface area contributed by atoms with Gasteiger partial charge in [-0.25, -0.2) is 8.42 Å². The van der Waals surface area contributed by atoms with Gasteiger partial charge in [0.1, 0.15) is 0 Å². The van der Waals surface area contributed by atoms with Crippen LogP contribution in [-0.2, 0) is 19.4 Å². The SMILES string of the molecule is CCN(C(=O)CC(CN)OC)C(C)CS(=O)(=O)CC.Cl. The normalized spacial score (nSPS) is 14.2. The third kappa shape index (κ3) is 7.42. The highest BCUT2D eigenvalue weighted by atomic mass is 35.5. The highest BCUT2D eigenvalue weighted by Gasteiger charge is 2.24. The minimum atomic E-state index is -3.10. The molecule has 0 rings (SSSR count). The summed E-state index contributed by atoms with van der Waals surface area (Å²) in [6.07, 6.45) is -0.145. The van der Waals surface area contributed by atoms with E-state index in [-0.39, 0.29) is 54.9 Å². The molecule has 0 aliphatic carbocycles. The summed E-state index contributed by atoms with van der Waals surface area (Å²) in [4.78, 5) is 13.7. The molecule has 6 nitrogen and oxygen atoms in total. The van der Waals surface area contributed by atoms with Crippen LogP contribution >= 0.6 is 12.4 Å². The van der Waals surface area contributed by atoms with E-state index in [0.29, 0.717) is 6.54 Å². The molecule has 2 N–H and O–H groups in total.